The summed E-state index contributed by atoms with van der Waals surface area (Å²) in [6.07, 6.45) is 5.87. The number of hydrogen-bond acceptors (Lipinski definition) is 4. The number of carbonyl (C=O) groups is 1. The van der Waals surface area contributed by atoms with Crippen LogP contribution in [0.3, 0.4) is 0 Å². The topological polar surface area (TPSA) is 59.0 Å². The second-order valence-corrected chi connectivity index (χ2v) is 8.59. The van der Waals surface area contributed by atoms with Gasteiger partial charge in [-0.1, -0.05) is 31.4 Å². The molecule has 1 saturated carbocycles. The van der Waals surface area contributed by atoms with Gasteiger partial charge in [-0.3, -0.25) is 0 Å². The first-order valence-corrected chi connectivity index (χ1v) is 10.1. The van der Waals surface area contributed by atoms with Crippen LogP contribution in [-0.4, -0.2) is 41.9 Å². The molecule has 0 spiro atoms. The van der Waals surface area contributed by atoms with E-state index in [1.54, 1.807) is 7.05 Å². The van der Waals surface area contributed by atoms with Crippen LogP contribution in [0.4, 0.5) is 4.79 Å². The van der Waals surface area contributed by atoms with Crippen molar-refractivity contribution >= 4 is 6.09 Å². The third kappa shape index (κ3) is 7.79. The normalized spacial score (nSPS) is 16.6. The van der Waals surface area contributed by atoms with Gasteiger partial charge < -0.3 is 19.5 Å². The standard InChI is InChI=1S/C22H35NO4/c1-22(2,3)27-21(25)23(4)14-13-20(24)18-11-8-12-19(15-18)26-16-17-9-6-5-7-10-17/h8,11-12,15,17,20,24H,5-7,9-10,13-14,16H2,1-4H3. The number of amides is 1. The van der Waals surface area contributed by atoms with Crippen molar-refractivity contribution in [3.05, 3.63) is 29.8 Å². The van der Waals surface area contributed by atoms with Crippen molar-refractivity contribution in [2.75, 3.05) is 20.2 Å². The van der Waals surface area contributed by atoms with E-state index in [9.17, 15) is 9.90 Å². The predicted molar refractivity (Wildman–Crippen MR) is 107 cm³/mol. The minimum absolute atomic E-state index is 0.376. The minimum atomic E-state index is -0.645. The lowest BCUT2D eigenvalue weighted by atomic mass is 9.90. The highest BCUT2D eigenvalue weighted by molar-refractivity contribution is 5.67. The highest BCUT2D eigenvalue weighted by Crippen LogP contribution is 2.26. The van der Waals surface area contributed by atoms with Crippen LogP contribution in [0.25, 0.3) is 0 Å². The van der Waals surface area contributed by atoms with Crippen LogP contribution >= 0.6 is 0 Å². The fraction of sp³-hybridized carbons (Fsp3) is 0.682. The van der Waals surface area contributed by atoms with Crippen LogP contribution in [0.1, 0.15) is 71.0 Å². The molecule has 0 heterocycles. The molecule has 0 aliphatic heterocycles. The molecular weight excluding hydrogens is 342 g/mol. The Balaban J connectivity index is 1.81. The molecule has 1 aliphatic rings. The van der Waals surface area contributed by atoms with E-state index in [0.29, 0.717) is 18.9 Å². The first-order chi connectivity index (χ1) is 12.7. The molecule has 1 N–H and O–H groups in total. The number of hydrogen-bond donors (Lipinski definition) is 1. The Morgan fingerprint density at radius 3 is 2.63 bits per heavy atom. The van der Waals surface area contributed by atoms with E-state index < -0.39 is 11.7 Å². The molecule has 1 unspecified atom stereocenters. The van der Waals surface area contributed by atoms with E-state index >= 15 is 0 Å². The van der Waals surface area contributed by atoms with Crippen molar-refractivity contribution in [2.45, 2.75) is 71.0 Å². The smallest absolute Gasteiger partial charge is 0.410 e. The maximum absolute atomic E-state index is 12.0. The zero-order valence-electron chi connectivity index (χ0n) is 17.2. The first kappa shape index (κ1) is 21.5. The van der Waals surface area contributed by atoms with Crippen molar-refractivity contribution in [1.29, 1.82) is 0 Å². The number of aliphatic hydroxyl groups excluding tert-OH is 1. The largest absolute Gasteiger partial charge is 0.493 e. The summed E-state index contributed by atoms with van der Waals surface area (Å²) in [5, 5.41) is 10.5. The number of benzene rings is 1. The van der Waals surface area contributed by atoms with Gasteiger partial charge in [0, 0.05) is 13.6 Å². The molecule has 1 atom stereocenters. The quantitative estimate of drug-likeness (QED) is 0.731. The van der Waals surface area contributed by atoms with E-state index in [1.807, 2.05) is 45.0 Å². The number of aliphatic hydroxyl groups is 1. The maximum Gasteiger partial charge on any atom is 0.410 e. The van der Waals surface area contributed by atoms with Crippen LogP contribution < -0.4 is 4.74 Å². The van der Waals surface area contributed by atoms with E-state index in [-0.39, 0.29) is 6.09 Å². The molecule has 152 valence electrons. The molecule has 27 heavy (non-hydrogen) atoms. The van der Waals surface area contributed by atoms with Gasteiger partial charge in [0.25, 0.3) is 0 Å². The number of rotatable bonds is 7. The van der Waals surface area contributed by atoms with Crippen LogP contribution in [0.5, 0.6) is 5.75 Å². The lowest BCUT2D eigenvalue weighted by Gasteiger charge is -2.25. The van der Waals surface area contributed by atoms with Gasteiger partial charge in [0.1, 0.15) is 11.4 Å². The summed E-state index contributed by atoms with van der Waals surface area (Å²) in [4.78, 5) is 13.5. The maximum atomic E-state index is 12.0. The van der Waals surface area contributed by atoms with Crippen molar-refractivity contribution in [2.24, 2.45) is 5.92 Å². The third-order valence-corrected chi connectivity index (χ3v) is 4.90. The Labute approximate surface area is 163 Å². The van der Waals surface area contributed by atoms with Crippen LogP contribution in [-0.2, 0) is 4.74 Å². The molecule has 0 bridgehead atoms. The predicted octanol–water partition coefficient (Wildman–Crippen LogP) is 4.94. The lowest BCUT2D eigenvalue weighted by Crippen LogP contribution is -2.35. The lowest BCUT2D eigenvalue weighted by molar-refractivity contribution is 0.0273. The highest BCUT2D eigenvalue weighted by Gasteiger charge is 2.20. The van der Waals surface area contributed by atoms with E-state index in [4.69, 9.17) is 9.47 Å². The molecule has 1 aromatic carbocycles. The number of ether oxygens (including phenoxy) is 2. The van der Waals surface area contributed by atoms with Gasteiger partial charge in [0.05, 0.1) is 12.7 Å². The summed E-state index contributed by atoms with van der Waals surface area (Å²) in [6, 6.07) is 7.64. The Morgan fingerprint density at radius 1 is 1.26 bits per heavy atom. The zero-order chi connectivity index (χ0) is 19.9. The molecule has 1 aliphatic carbocycles. The number of carbonyl (C=O) groups excluding carboxylic acids is 1. The molecular formula is C22H35NO4. The van der Waals surface area contributed by atoms with Crippen molar-refractivity contribution in [3.63, 3.8) is 0 Å². The van der Waals surface area contributed by atoms with Crippen LogP contribution in [0.15, 0.2) is 24.3 Å². The molecule has 0 radical (unpaired) electrons. The molecule has 1 amide bonds. The van der Waals surface area contributed by atoms with Gasteiger partial charge in [0.2, 0.25) is 0 Å². The third-order valence-electron chi connectivity index (χ3n) is 4.90. The van der Waals surface area contributed by atoms with Crippen molar-refractivity contribution < 1.29 is 19.4 Å². The van der Waals surface area contributed by atoms with Crippen LogP contribution in [0, 0.1) is 5.92 Å². The Hall–Kier alpha value is -1.75. The molecule has 1 aromatic rings. The van der Waals surface area contributed by atoms with Gasteiger partial charge in [-0.2, -0.15) is 0 Å². The van der Waals surface area contributed by atoms with Gasteiger partial charge in [-0.05, 0) is 63.6 Å². The van der Waals surface area contributed by atoms with Gasteiger partial charge >= 0.3 is 6.09 Å². The van der Waals surface area contributed by atoms with E-state index in [0.717, 1.165) is 17.9 Å². The Morgan fingerprint density at radius 2 is 1.96 bits per heavy atom. The van der Waals surface area contributed by atoms with Gasteiger partial charge in [-0.15, -0.1) is 0 Å². The second kappa shape index (κ2) is 9.98. The fourth-order valence-corrected chi connectivity index (χ4v) is 3.29. The van der Waals surface area contributed by atoms with Crippen molar-refractivity contribution in [3.8, 4) is 5.75 Å². The first-order valence-electron chi connectivity index (χ1n) is 10.1. The monoisotopic (exact) mass is 377 g/mol. The highest BCUT2D eigenvalue weighted by atomic mass is 16.6. The summed E-state index contributed by atoms with van der Waals surface area (Å²) in [7, 11) is 1.69. The van der Waals surface area contributed by atoms with Gasteiger partial charge in [-0.25, -0.2) is 4.79 Å². The average Bonchev–Trinajstić information content (AvgIpc) is 2.64. The second-order valence-electron chi connectivity index (χ2n) is 8.59. The molecule has 5 heteroatoms. The summed E-state index contributed by atoms with van der Waals surface area (Å²) >= 11 is 0. The van der Waals surface area contributed by atoms with Crippen LogP contribution in [0.2, 0.25) is 0 Å². The van der Waals surface area contributed by atoms with Gasteiger partial charge in [0.15, 0.2) is 0 Å². The zero-order valence-corrected chi connectivity index (χ0v) is 17.2. The van der Waals surface area contributed by atoms with Crippen molar-refractivity contribution in [1.82, 2.24) is 4.90 Å². The SMILES string of the molecule is CN(CCC(O)c1cccc(OCC2CCCCC2)c1)C(=O)OC(C)(C)C. The Kier molecular flexibility index (Phi) is 7.96. The van der Waals surface area contributed by atoms with E-state index in [1.165, 1.54) is 37.0 Å². The molecule has 1 fully saturated rings. The molecule has 0 saturated heterocycles. The molecule has 5 nitrogen and oxygen atoms in total. The number of nitrogens with zero attached hydrogens (tertiary/aromatic N) is 1. The summed E-state index contributed by atoms with van der Waals surface area (Å²) < 4.78 is 11.3. The average molecular weight is 378 g/mol. The summed E-state index contributed by atoms with van der Waals surface area (Å²) in [6.45, 7) is 6.69. The molecule has 2 rings (SSSR count). The summed E-state index contributed by atoms with van der Waals surface area (Å²) in [5.74, 6) is 1.45. The Bertz CT molecular complexity index is 590. The van der Waals surface area contributed by atoms with E-state index in [2.05, 4.69) is 0 Å². The fourth-order valence-electron chi connectivity index (χ4n) is 3.29. The molecule has 0 aromatic heterocycles. The summed E-state index contributed by atoms with van der Waals surface area (Å²) in [5.41, 5.74) is 0.294. The minimum Gasteiger partial charge on any atom is -0.493 e.